The minimum atomic E-state index is -0.199. The van der Waals surface area contributed by atoms with Crippen molar-refractivity contribution in [3.8, 4) is 0 Å². The normalized spacial score (nSPS) is 20.4. The lowest BCUT2D eigenvalue weighted by molar-refractivity contribution is 0.207. The van der Waals surface area contributed by atoms with Gasteiger partial charge < -0.3 is 10.2 Å². The van der Waals surface area contributed by atoms with E-state index in [0.29, 0.717) is 6.54 Å². The molecule has 1 saturated carbocycles. The van der Waals surface area contributed by atoms with E-state index in [1.165, 1.54) is 6.07 Å². The minimum absolute atomic E-state index is 0.0279. The zero-order valence-electron chi connectivity index (χ0n) is 11.0. The molecule has 1 N–H and O–H groups in total. The van der Waals surface area contributed by atoms with Crippen molar-refractivity contribution >= 4 is 6.03 Å². The highest BCUT2D eigenvalue weighted by atomic mass is 19.1. The maximum atomic E-state index is 13.3. The minimum Gasteiger partial charge on any atom is -0.337 e. The average molecular weight is 262 g/mol. The van der Waals surface area contributed by atoms with E-state index < -0.39 is 0 Å². The topological polar surface area (TPSA) is 32.3 Å². The molecule has 1 aromatic carbocycles. The summed E-state index contributed by atoms with van der Waals surface area (Å²) in [6, 6.07) is 6.78. The number of urea groups is 1. The molecule has 3 nitrogen and oxygen atoms in total. The molecule has 0 atom stereocenters. The van der Waals surface area contributed by atoms with Crippen LogP contribution in [0.25, 0.3) is 0 Å². The zero-order valence-corrected chi connectivity index (χ0v) is 11.0. The quantitative estimate of drug-likeness (QED) is 0.892. The first-order chi connectivity index (χ1) is 9.20. The number of hydrogen-bond acceptors (Lipinski definition) is 1. The van der Waals surface area contributed by atoms with Gasteiger partial charge in [-0.25, -0.2) is 9.18 Å². The molecule has 1 heterocycles. The molecule has 19 heavy (non-hydrogen) atoms. The van der Waals surface area contributed by atoms with E-state index in [1.54, 1.807) is 12.1 Å². The smallest absolute Gasteiger partial charge is 0.317 e. The number of benzene rings is 1. The van der Waals surface area contributed by atoms with Crippen LogP contribution in [0.2, 0.25) is 0 Å². The molecule has 0 radical (unpaired) electrons. The highest BCUT2D eigenvalue weighted by Gasteiger charge is 2.44. The first-order valence-corrected chi connectivity index (χ1v) is 6.98. The van der Waals surface area contributed by atoms with Crippen molar-refractivity contribution in [2.75, 3.05) is 19.6 Å². The monoisotopic (exact) mass is 262 g/mol. The van der Waals surface area contributed by atoms with Crippen LogP contribution in [0.4, 0.5) is 9.18 Å². The Morgan fingerprint density at radius 3 is 2.68 bits per heavy atom. The predicted molar refractivity (Wildman–Crippen MR) is 71.5 cm³/mol. The van der Waals surface area contributed by atoms with E-state index in [-0.39, 0.29) is 17.3 Å². The van der Waals surface area contributed by atoms with Crippen LogP contribution in [0.5, 0.6) is 0 Å². The first kappa shape index (κ1) is 12.5. The Labute approximate surface area is 112 Å². The summed E-state index contributed by atoms with van der Waals surface area (Å²) in [6.07, 6.45) is 4.25. The molecule has 2 fully saturated rings. The van der Waals surface area contributed by atoms with Crippen molar-refractivity contribution in [3.05, 3.63) is 35.6 Å². The molecule has 0 spiro atoms. The third-order valence-electron chi connectivity index (χ3n) is 4.26. The van der Waals surface area contributed by atoms with Crippen molar-refractivity contribution in [3.63, 3.8) is 0 Å². The Kier molecular flexibility index (Phi) is 3.17. The van der Waals surface area contributed by atoms with Gasteiger partial charge in [-0.05, 0) is 43.4 Å². The maximum absolute atomic E-state index is 13.3. The second-order valence-corrected chi connectivity index (χ2v) is 5.64. The molecule has 2 amide bonds. The number of amides is 2. The third-order valence-corrected chi connectivity index (χ3v) is 4.26. The Hall–Kier alpha value is -1.58. The van der Waals surface area contributed by atoms with Crippen molar-refractivity contribution in [1.82, 2.24) is 10.2 Å². The molecule has 0 unspecified atom stereocenters. The summed E-state index contributed by atoms with van der Waals surface area (Å²) in [5.74, 6) is -0.199. The lowest BCUT2D eigenvalue weighted by Gasteiger charge is -2.20. The summed E-state index contributed by atoms with van der Waals surface area (Å²) in [7, 11) is 0. The van der Waals surface area contributed by atoms with Gasteiger partial charge in [-0.2, -0.15) is 0 Å². The molecule has 2 aliphatic rings. The van der Waals surface area contributed by atoms with E-state index in [1.807, 2.05) is 11.0 Å². The number of halogens is 1. The van der Waals surface area contributed by atoms with Crippen LogP contribution in [0.15, 0.2) is 24.3 Å². The molecule has 1 saturated heterocycles. The molecular formula is C15H19FN2O. The summed E-state index contributed by atoms with van der Waals surface area (Å²) in [6.45, 7) is 2.34. The standard InChI is InChI=1S/C15H19FN2O/c16-13-5-3-4-12(10-13)15(6-7-15)11-17-14(19)18-8-1-2-9-18/h3-5,10H,1-2,6-9,11H2,(H,17,19). The van der Waals surface area contributed by atoms with E-state index >= 15 is 0 Å². The van der Waals surface area contributed by atoms with Crippen LogP contribution in [-0.4, -0.2) is 30.6 Å². The SMILES string of the molecule is O=C(NCC1(c2cccc(F)c2)CC1)N1CCCC1. The van der Waals surface area contributed by atoms with Crippen molar-refractivity contribution in [2.45, 2.75) is 31.1 Å². The second kappa shape index (κ2) is 4.83. The fourth-order valence-corrected chi connectivity index (χ4v) is 2.81. The second-order valence-electron chi connectivity index (χ2n) is 5.64. The van der Waals surface area contributed by atoms with Crippen LogP contribution in [0, 0.1) is 5.82 Å². The molecule has 0 aromatic heterocycles. The zero-order chi connectivity index (χ0) is 13.3. The Morgan fingerprint density at radius 1 is 1.32 bits per heavy atom. The largest absolute Gasteiger partial charge is 0.337 e. The van der Waals surface area contributed by atoms with E-state index in [0.717, 1.165) is 44.3 Å². The van der Waals surface area contributed by atoms with Gasteiger partial charge in [-0.1, -0.05) is 12.1 Å². The number of hydrogen-bond donors (Lipinski definition) is 1. The van der Waals surface area contributed by atoms with Crippen LogP contribution in [0.3, 0.4) is 0 Å². The summed E-state index contributed by atoms with van der Waals surface area (Å²) in [4.78, 5) is 13.8. The molecule has 1 aliphatic heterocycles. The summed E-state index contributed by atoms with van der Waals surface area (Å²) >= 11 is 0. The molecule has 102 valence electrons. The number of carbonyl (C=O) groups is 1. The maximum Gasteiger partial charge on any atom is 0.317 e. The number of likely N-dealkylation sites (tertiary alicyclic amines) is 1. The average Bonchev–Trinajstić information content (AvgIpc) is 3.00. The molecule has 1 aromatic rings. The van der Waals surface area contributed by atoms with Gasteiger partial charge in [-0.15, -0.1) is 0 Å². The molecule has 1 aliphatic carbocycles. The van der Waals surface area contributed by atoms with Gasteiger partial charge in [0.05, 0.1) is 0 Å². The van der Waals surface area contributed by atoms with Gasteiger partial charge >= 0.3 is 6.03 Å². The summed E-state index contributed by atoms with van der Waals surface area (Å²) < 4.78 is 13.3. The van der Waals surface area contributed by atoms with Gasteiger partial charge in [-0.3, -0.25) is 0 Å². The van der Waals surface area contributed by atoms with Crippen molar-refractivity contribution in [1.29, 1.82) is 0 Å². The van der Waals surface area contributed by atoms with Crippen LogP contribution in [0.1, 0.15) is 31.2 Å². The number of rotatable bonds is 3. The molecule has 3 rings (SSSR count). The molecule has 4 heteroatoms. The fraction of sp³-hybridized carbons (Fsp3) is 0.533. The van der Waals surface area contributed by atoms with Crippen LogP contribution >= 0.6 is 0 Å². The van der Waals surface area contributed by atoms with E-state index in [2.05, 4.69) is 5.32 Å². The highest BCUT2D eigenvalue weighted by Crippen LogP contribution is 2.47. The van der Waals surface area contributed by atoms with Gasteiger partial charge in [0.1, 0.15) is 5.82 Å². The lowest BCUT2D eigenvalue weighted by Crippen LogP contribution is -2.41. The van der Waals surface area contributed by atoms with Gasteiger partial charge in [0.25, 0.3) is 0 Å². The summed E-state index contributed by atoms with van der Waals surface area (Å²) in [5, 5.41) is 3.01. The van der Waals surface area contributed by atoms with Crippen molar-refractivity contribution < 1.29 is 9.18 Å². The van der Waals surface area contributed by atoms with Crippen molar-refractivity contribution in [2.24, 2.45) is 0 Å². The number of nitrogens with one attached hydrogen (secondary N) is 1. The van der Waals surface area contributed by atoms with Gasteiger partial charge in [0.15, 0.2) is 0 Å². The predicted octanol–water partition coefficient (Wildman–Crippen LogP) is 2.66. The lowest BCUT2D eigenvalue weighted by atomic mass is 9.96. The molecular weight excluding hydrogens is 243 g/mol. The van der Waals surface area contributed by atoms with Crippen LogP contribution in [-0.2, 0) is 5.41 Å². The Morgan fingerprint density at radius 2 is 2.05 bits per heavy atom. The Balaban J connectivity index is 1.61. The Bertz CT molecular complexity index is 479. The van der Waals surface area contributed by atoms with Gasteiger partial charge in [0, 0.05) is 25.0 Å². The van der Waals surface area contributed by atoms with E-state index in [4.69, 9.17) is 0 Å². The first-order valence-electron chi connectivity index (χ1n) is 6.98. The summed E-state index contributed by atoms with van der Waals surface area (Å²) in [5.41, 5.74) is 0.978. The fourth-order valence-electron chi connectivity index (χ4n) is 2.81. The molecule has 0 bridgehead atoms. The van der Waals surface area contributed by atoms with Crippen LogP contribution < -0.4 is 5.32 Å². The third kappa shape index (κ3) is 2.57. The number of carbonyl (C=O) groups excluding carboxylic acids is 1. The highest BCUT2D eigenvalue weighted by molar-refractivity contribution is 5.74. The van der Waals surface area contributed by atoms with E-state index in [9.17, 15) is 9.18 Å². The van der Waals surface area contributed by atoms with Gasteiger partial charge in [0.2, 0.25) is 0 Å². The number of nitrogens with zero attached hydrogens (tertiary/aromatic N) is 1.